The third-order valence-electron chi connectivity index (χ3n) is 5.56. The van der Waals surface area contributed by atoms with Crippen molar-refractivity contribution in [1.82, 2.24) is 9.88 Å². The van der Waals surface area contributed by atoms with E-state index in [0.29, 0.717) is 53.0 Å². The zero-order valence-electron chi connectivity index (χ0n) is 17.1. The van der Waals surface area contributed by atoms with E-state index in [1.54, 1.807) is 46.7 Å². The van der Waals surface area contributed by atoms with Crippen molar-refractivity contribution in [3.63, 3.8) is 0 Å². The smallest absolute Gasteiger partial charge is 0.260 e. The number of hydrogen-bond acceptors (Lipinski definition) is 7. The van der Waals surface area contributed by atoms with Gasteiger partial charge in [-0.2, -0.15) is 0 Å². The third-order valence-corrected chi connectivity index (χ3v) is 6.44. The van der Waals surface area contributed by atoms with Crippen molar-refractivity contribution in [3.05, 3.63) is 53.3 Å². The maximum Gasteiger partial charge on any atom is 0.260 e. The molecule has 1 aliphatic rings. The third kappa shape index (κ3) is 4.31. The number of thiophene rings is 1. The molecule has 9 heteroatoms. The van der Waals surface area contributed by atoms with E-state index >= 15 is 0 Å². The van der Waals surface area contributed by atoms with Gasteiger partial charge in [-0.15, -0.1) is 11.3 Å². The minimum Gasteiger partial charge on any atom is -0.492 e. The number of ether oxygens (including phenoxy) is 1. The fourth-order valence-corrected chi connectivity index (χ4v) is 4.76. The van der Waals surface area contributed by atoms with Crippen LogP contribution in [0.2, 0.25) is 0 Å². The number of halogens is 2. The number of rotatable bonds is 5. The van der Waals surface area contributed by atoms with Crippen molar-refractivity contribution in [2.45, 2.75) is 18.8 Å². The lowest BCUT2D eigenvalue weighted by atomic mass is 10.1. The van der Waals surface area contributed by atoms with Gasteiger partial charge in [0.15, 0.2) is 5.76 Å². The molecule has 4 aromatic rings. The van der Waals surface area contributed by atoms with Crippen LogP contribution in [0.3, 0.4) is 0 Å². The van der Waals surface area contributed by atoms with E-state index in [2.05, 4.69) is 10.1 Å². The predicted octanol–water partition coefficient (Wildman–Crippen LogP) is 5.11. The van der Waals surface area contributed by atoms with Gasteiger partial charge in [0, 0.05) is 35.3 Å². The van der Waals surface area contributed by atoms with Gasteiger partial charge in [0.05, 0.1) is 11.9 Å². The highest BCUT2D eigenvalue weighted by molar-refractivity contribution is 7.17. The number of benzene rings is 1. The lowest BCUT2D eigenvalue weighted by molar-refractivity contribution is -0.0656. The quantitative estimate of drug-likeness (QED) is 0.333. The number of pyridine rings is 1. The fourth-order valence-electron chi connectivity index (χ4n) is 3.97. The van der Waals surface area contributed by atoms with Crippen LogP contribution >= 0.6 is 11.3 Å². The first kappa shape index (κ1) is 20.8. The SMILES string of the molecule is O/N=c1/cc(-c2cc3sccc3cn2)oc2ccc(OCCN3CCCC(F)(F)C3)cc12. The van der Waals surface area contributed by atoms with Crippen LogP contribution in [-0.4, -0.2) is 47.3 Å². The molecule has 4 heterocycles. The Morgan fingerprint density at radius 1 is 1.25 bits per heavy atom. The van der Waals surface area contributed by atoms with Crippen molar-refractivity contribution in [2.24, 2.45) is 5.16 Å². The maximum atomic E-state index is 13.5. The van der Waals surface area contributed by atoms with Crippen molar-refractivity contribution < 1.29 is 23.1 Å². The number of nitrogens with zero attached hydrogens (tertiary/aromatic N) is 3. The van der Waals surface area contributed by atoms with E-state index in [-0.39, 0.29) is 19.6 Å². The molecule has 6 nitrogen and oxygen atoms in total. The summed E-state index contributed by atoms with van der Waals surface area (Å²) in [4.78, 5) is 6.17. The van der Waals surface area contributed by atoms with Gasteiger partial charge in [0.25, 0.3) is 5.92 Å². The van der Waals surface area contributed by atoms with Gasteiger partial charge in [-0.1, -0.05) is 5.16 Å². The normalized spacial score (nSPS) is 17.2. The first-order valence-electron chi connectivity index (χ1n) is 10.3. The summed E-state index contributed by atoms with van der Waals surface area (Å²) in [5.41, 5.74) is 1.16. The topological polar surface area (TPSA) is 71.1 Å². The van der Waals surface area contributed by atoms with Crippen molar-refractivity contribution in [2.75, 3.05) is 26.2 Å². The minimum absolute atomic E-state index is 0.0509. The largest absolute Gasteiger partial charge is 0.492 e. The van der Waals surface area contributed by atoms with E-state index in [1.165, 1.54) is 0 Å². The molecule has 1 aromatic carbocycles. The molecule has 0 atom stereocenters. The molecule has 0 saturated carbocycles. The molecule has 3 aromatic heterocycles. The van der Waals surface area contributed by atoms with Crippen LogP contribution in [0.5, 0.6) is 5.75 Å². The highest BCUT2D eigenvalue weighted by atomic mass is 32.1. The molecular weight excluding hydrogens is 436 g/mol. The molecule has 0 spiro atoms. The molecule has 0 amide bonds. The van der Waals surface area contributed by atoms with E-state index in [9.17, 15) is 14.0 Å². The average Bonchev–Trinajstić information content (AvgIpc) is 3.25. The van der Waals surface area contributed by atoms with Crippen molar-refractivity contribution in [3.8, 4) is 17.2 Å². The molecule has 166 valence electrons. The predicted molar refractivity (Wildman–Crippen MR) is 118 cm³/mol. The molecule has 32 heavy (non-hydrogen) atoms. The summed E-state index contributed by atoms with van der Waals surface area (Å²) in [5, 5.41) is 17.0. The van der Waals surface area contributed by atoms with Gasteiger partial charge in [0.2, 0.25) is 0 Å². The zero-order valence-corrected chi connectivity index (χ0v) is 17.9. The van der Waals surface area contributed by atoms with Crippen LogP contribution < -0.4 is 10.1 Å². The van der Waals surface area contributed by atoms with Crippen molar-refractivity contribution in [1.29, 1.82) is 0 Å². The van der Waals surface area contributed by atoms with Gasteiger partial charge in [0.1, 0.15) is 29.0 Å². The Bertz CT molecular complexity index is 1340. The first-order chi connectivity index (χ1) is 15.5. The molecule has 1 N–H and O–H groups in total. The Hall–Kier alpha value is -3.04. The van der Waals surface area contributed by atoms with Gasteiger partial charge in [-0.25, -0.2) is 8.78 Å². The Labute approximate surface area is 186 Å². The summed E-state index contributed by atoms with van der Waals surface area (Å²) < 4.78 is 40.0. The molecular formula is C23H21F2N3O3S. The number of fused-ring (bicyclic) bond motifs is 2. The Morgan fingerprint density at radius 3 is 3.00 bits per heavy atom. The van der Waals surface area contributed by atoms with Gasteiger partial charge >= 0.3 is 0 Å². The summed E-state index contributed by atoms with van der Waals surface area (Å²) in [6.07, 6.45) is 2.22. The molecule has 5 rings (SSSR count). The average molecular weight is 458 g/mol. The molecule has 0 unspecified atom stereocenters. The molecule has 0 bridgehead atoms. The second-order valence-corrected chi connectivity index (χ2v) is 8.81. The Balaban J connectivity index is 1.36. The number of likely N-dealkylation sites (tertiary alicyclic amines) is 1. The van der Waals surface area contributed by atoms with Crippen LogP contribution in [0.25, 0.3) is 32.5 Å². The summed E-state index contributed by atoms with van der Waals surface area (Å²) in [7, 11) is 0. The van der Waals surface area contributed by atoms with Crippen LogP contribution in [0.4, 0.5) is 8.78 Å². The standard InChI is InChI=1S/C23H21F2N3O3S/c24-23(25)5-1-6-28(14-23)7-8-30-16-2-3-20-17(10-16)18(27-29)11-21(31-20)19-12-22-15(13-26-19)4-9-32-22/h2-4,9-13,29H,1,5-8,14H2/b27-18-. The van der Waals surface area contributed by atoms with Crippen LogP contribution in [-0.2, 0) is 0 Å². The Morgan fingerprint density at radius 2 is 2.16 bits per heavy atom. The van der Waals surface area contributed by atoms with Crippen LogP contribution in [0, 0.1) is 0 Å². The molecule has 1 fully saturated rings. The summed E-state index contributed by atoms with van der Waals surface area (Å²) in [6, 6.07) is 10.8. The highest BCUT2D eigenvalue weighted by Gasteiger charge is 2.34. The minimum atomic E-state index is -2.62. The second kappa shape index (κ2) is 8.48. The number of alkyl halides is 2. The summed E-state index contributed by atoms with van der Waals surface area (Å²) in [6.45, 7) is 1.13. The van der Waals surface area contributed by atoms with Gasteiger partial charge in [-0.3, -0.25) is 9.88 Å². The van der Waals surface area contributed by atoms with Crippen LogP contribution in [0.1, 0.15) is 12.8 Å². The van der Waals surface area contributed by atoms with Crippen LogP contribution in [0.15, 0.2) is 57.5 Å². The molecule has 0 aliphatic carbocycles. The van der Waals surface area contributed by atoms with Gasteiger partial charge in [-0.05, 0) is 48.7 Å². The maximum absolute atomic E-state index is 13.5. The van der Waals surface area contributed by atoms with E-state index < -0.39 is 5.92 Å². The first-order valence-corrected chi connectivity index (χ1v) is 11.2. The molecule has 0 radical (unpaired) electrons. The summed E-state index contributed by atoms with van der Waals surface area (Å²) in [5.74, 6) is -1.59. The monoisotopic (exact) mass is 457 g/mol. The molecule has 1 aliphatic heterocycles. The number of hydrogen-bond donors (Lipinski definition) is 1. The van der Waals surface area contributed by atoms with E-state index in [1.807, 2.05) is 17.5 Å². The Kier molecular flexibility index (Phi) is 5.52. The van der Waals surface area contributed by atoms with Crippen molar-refractivity contribution >= 4 is 32.4 Å². The summed E-state index contributed by atoms with van der Waals surface area (Å²) >= 11 is 1.61. The van der Waals surface area contributed by atoms with Gasteiger partial charge < -0.3 is 14.4 Å². The second-order valence-electron chi connectivity index (χ2n) is 7.87. The number of piperidine rings is 1. The highest BCUT2D eigenvalue weighted by Crippen LogP contribution is 2.28. The molecule has 1 saturated heterocycles. The van der Waals surface area contributed by atoms with E-state index in [0.717, 1.165) is 10.1 Å². The fraction of sp³-hybridized carbons (Fsp3) is 0.304. The number of aromatic nitrogens is 1. The van der Waals surface area contributed by atoms with E-state index in [4.69, 9.17) is 9.15 Å². The lowest BCUT2D eigenvalue weighted by Gasteiger charge is -2.32. The lowest BCUT2D eigenvalue weighted by Crippen LogP contribution is -2.44. The zero-order chi connectivity index (χ0) is 22.1.